The first-order valence-corrected chi connectivity index (χ1v) is 13.3. The van der Waals surface area contributed by atoms with Crippen LogP contribution in [-0.2, 0) is 28.5 Å². The minimum absolute atomic E-state index is 0.173. The van der Waals surface area contributed by atoms with Gasteiger partial charge in [-0.2, -0.15) is 13.8 Å². The van der Waals surface area contributed by atoms with E-state index >= 15 is 8.78 Å². The average molecular weight is 575 g/mol. The minimum Gasteiger partial charge on any atom is -0.462 e. The van der Waals surface area contributed by atoms with E-state index in [1.165, 1.54) is 0 Å². The zero-order chi connectivity index (χ0) is 30.3. The lowest BCUT2D eigenvalue weighted by atomic mass is 9.97. The monoisotopic (exact) mass is 574 g/mol. The van der Waals surface area contributed by atoms with E-state index in [9.17, 15) is 19.2 Å². The molecule has 4 atom stereocenters. The lowest BCUT2D eigenvalue weighted by molar-refractivity contribution is -0.179. The highest BCUT2D eigenvalue weighted by Gasteiger charge is 2.63. The van der Waals surface area contributed by atoms with Crippen molar-refractivity contribution in [2.75, 3.05) is 18.5 Å². The van der Waals surface area contributed by atoms with Crippen LogP contribution in [0.2, 0.25) is 0 Å². The zero-order valence-corrected chi connectivity index (χ0v) is 23.8. The Kier molecular flexibility index (Phi) is 11.6. The summed E-state index contributed by atoms with van der Waals surface area (Å²) >= 11 is 0. The summed E-state index contributed by atoms with van der Waals surface area (Å²) in [5.41, 5.74) is 3.66. The molecule has 1 amide bonds. The van der Waals surface area contributed by atoms with Crippen LogP contribution in [0.5, 0.6) is 0 Å². The van der Waals surface area contributed by atoms with E-state index in [1.54, 1.807) is 34.6 Å². The van der Waals surface area contributed by atoms with Gasteiger partial charge < -0.3 is 24.7 Å². The number of esters is 2. The Morgan fingerprint density at radius 3 is 2.45 bits per heavy atom. The number of ether oxygens (including phenoxy) is 4. The number of unbranched alkanes of at least 4 members (excludes halogenated alkanes) is 3. The Hall–Kier alpha value is -3.13. The van der Waals surface area contributed by atoms with E-state index in [0.29, 0.717) is 11.0 Å². The summed E-state index contributed by atoms with van der Waals surface area (Å²) in [6, 6.07) is -0.0873. The fourth-order valence-electron chi connectivity index (χ4n) is 3.59. The Bertz CT molecular complexity index is 1090. The molecule has 2 heterocycles. The summed E-state index contributed by atoms with van der Waals surface area (Å²) in [6.07, 6.45) is -2.42. The number of hydrogen-bond donors (Lipinski definition) is 2. The molecule has 1 saturated heterocycles. The topological polar surface area (TPSA) is 161 Å². The standard InChI is InChI=1S/C26H40F2N4O8/c1-7-8-9-10-13-37-24(36)31-17-11-12-32(23(35)30-17)21-26(27,28)19(40-20(33)18(29)15(2)3)16(39-21)14-38-22(34)25(4,5)6/h11-12,15-16,18-19,21H,7-10,13-14,29H2,1-6H3,(H,30,31,35,36)/t16-,18?,19-,21-/m1/s1. The number of carbonyl (C=O) groups excluding carboxylic acids is 3. The summed E-state index contributed by atoms with van der Waals surface area (Å²) in [4.78, 5) is 53.0. The Morgan fingerprint density at radius 1 is 1.20 bits per heavy atom. The normalized spacial score (nSPS) is 21.1. The number of halogens is 2. The van der Waals surface area contributed by atoms with E-state index in [0.717, 1.165) is 31.5 Å². The SMILES string of the molecule is CCCCCCOC(=O)Nc1ccn([C@@H]2O[C@H](COC(=O)C(C)(C)C)[C@@H](OC(=O)C(N)C(C)C)C2(F)F)c(=O)n1. The Labute approximate surface area is 231 Å². The quantitative estimate of drug-likeness (QED) is 0.215. The second-order valence-electron chi connectivity index (χ2n) is 11.0. The molecular formula is C26H40F2N4O8. The molecule has 0 aromatic carbocycles. The van der Waals surface area contributed by atoms with Gasteiger partial charge in [0.05, 0.1) is 12.0 Å². The van der Waals surface area contributed by atoms with E-state index in [2.05, 4.69) is 10.3 Å². The molecule has 40 heavy (non-hydrogen) atoms. The Morgan fingerprint density at radius 2 is 1.88 bits per heavy atom. The third-order valence-electron chi connectivity index (χ3n) is 6.12. The van der Waals surface area contributed by atoms with Crippen molar-refractivity contribution in [3.63, 3.8) is 0 Å². The van der Waals surface area contributed by atoms with Gasteiger partial charge in [-0.05, 0) is 39.2 Å². The van der Waals surface area contributed by atoms with Crippen molar-refractivity contribution in [2.45, 2.75) is 97.6 Å². The molecule has 0 bridgehead atoms. The molecule has 2 rings (SSSR count). The fraction of sp³-hybridized carbons (Fsp3) is 0.731. The number of amides is 1. The molecule has 1 aliphatic rings. The van der Waals surface area contributed by atoms with Crippen molar-refractivity contribution >= 4 is 23.8 Å². The molecule has 0 spiro atoms. The number of aromatic nitrogens is 2. The molecule has 3 N–H and O–H groups in total. The van der Waals surface area contributed by atoms with Gasteiger partial charge in [0.25, 0.3) is 0 Å². The van der Waals surface area contributed by atoms with Gasteiger partial charge in [-0.3, -0.25) is 19.5 Å². The van der Waals surface area contributed by atoms with Crippen LogP contribution >= 0.6 is 0 Å². The maximum Gasteiger partial charge on any atom is 0.412 e. The van der Waals surface area contributed by atoms with Crippen molar-refractivity contribution in [1.82, 2.24) is 9.55 Å². The van der Waals surface area contributed by atoms with Crippen molar-refractivity contribution in [1.29, 1.82) is 0 Å². The van der Waals surface area contributed by atoms with Gasteiger partial charge in [0.2, 0.25) is 6.23 Å². The smallest absolute Gasteiger partial charge is 0.412 e. The van der Waals surface area contributed by atoms with Gasteiger partial charge in [-0.25, -0.2) is 9.59 Å². The van der Waals surface area contributed by atoms with Gasteiger partial charge in [0, 0.05) is 6.20 Å². The summed E-state index contributed by atoms with van der Waals surface area (Å²) in [5, 5.41) is 2.27. The van der Waals surface area contributed by atoms with Gasteiger partial charge in [-0.1, -0.05) is 40.0 Å². The number of nitrogens with zero attached hydrogens (tertiary/aromatic N) is 2. The van der Waals surface area contributed by atoms with Crippen LogP contribution in [0.15, 0.2) is 17.1 Å². The van der Waals surface area contributed by atoms with Gasteiger partial charge in [-0.15, -0.1) is 0 Å². The van der Waals surface area contributed by atoms with Gasteiger partial charge in [0.1, 0.15) is 24.6 Å². The molecule has 14 heteroatoms. The van der Waals surface area contributed by atoms with Crippen LogP contribution < -0.4 is 16.7 Å². The predicted octanol–water partition coefficient (Wildman–Crippen LogP) is 3.39. The molecule has 1 aromatic heterocycles. The first-order valence-electron chi connectivity index (χ1n) is 13.3. The molecule has 1 fully saturated rings. The molecule has 226 valence electrons. The van der Waals surface area contributed by atoms with Crippen LogP contribution in [0.25, 0.3) is 0 Å². The highest BCUT2D eigenvalue weighted by Crippen LogP contribution is 2.44. The van der Waals surface area contributed by atoms with E-state index < -0.39 is 72.1 Å². The van der Waals surface area contributed by atoms with E-state index in [-0.39, 0.29) is 12.4 Å². The van der Waals surface area contributed by atoms with Crippen LogP contribution in [0.4, 0.5) is 19.4 Å². The van der Waals surface area contributed by atoms with Crippen LogP contribution in [-0.4, -0.2) is 65.0 Å². The molecule has 0 saturated carbocycles. The maximum absolute atomic E-state index is 15.7. The van der Waals surface area contributed by atoms with Crippen molar-refractivity contribution in [3.05, 3.63) is 22.7 Å². The largest absolute Gasteiger partial charge is 0.462 e. The van der Waals surface area contributed by atoms with Crippen LogP contribution in [0, 0.1) is 11.3 Å². The van der Waals surface area contributed by atoms with E-state index in [4.69, 9.17) is 24.7 Å². The first kappa shape index (κ1) is 33.1. The highest BCUT2D eigenvalue weighted by atomic mass is 19.3. The number of carbonyl (C=O) groups is 3. The van der Waals surface area contributed by atoms with Crippen LogP contribution in [0.1, 0.15) is 73.5 Å². The number of rotatable bonds is 12. The number of hydrogen-bond acceptors (Lipinski definition) is 10. The maximum atomic E-state index is 15.7. The lowest BCUT2D eigenvalue weighted by Gasteiger charge is -2.26. The van der Waals surface area contributed by atoms with Crippen molar-refractivity contribution in [2.24, 2.45) is 17.1 Å². The Balaban J connectivity index is 2.23. The number of alkyl halides is 2. The number of anilines is 1. The number of nitrogens with two attached hydrogens (primary N) is 1. The van der Waals surface area contributed by atoms with E-state index in [1.807, 2.05) is 6.92 Å². The van der Waals surface area contributed by atoms with Crippen molar-refractivity contribution < 1.29 is 42.1 Å². The van der Waals surface area contributed by atoms with Gasteiger partial charge >= 0.3 is 29.6 Å². The summed E-state index contributed by atoms with van der Waals surface area (Å²) in [5.74, 6) is -6.38. The van der Waals surface area contributed by atoms with Crippen LogP contribution in [0.3, 0.4) is 0 Å². The second-order valence-corrected chi connectivity index (χ2v) is 11.0. The third-order valence-corrected chi connectivity index (χ3v) is 6.12. The van der Waals surface area contributed by atoms with Crippen molar-refractivity contribution in [3.8, 4) is 0 Å². The lowest BCUT2D eigenvalue weighted by Crippen LogP contribution is -2.48. The fourth-order valence-corrected chi connectivity index (χ4v) is 3.59. The minimum atomic E-state index is -3.96. The molecule has 1 aromatic rings. The molecule has 1 unspecified atom stereocenters. The molecule has 0 aliphatic carbocycles. The van der Waals surface area contributed by atoms with Gasteiger partial charge in [0.15, 0.2) is 6.10 Å². The average Bonchev–Trinajstić information content (AvgIpc) is 3.10. The summed E-state index contributed by atoms with van der Waals surface area (Å²) in [6.45, 7) is 9.49. The number of nitrogens with one attached hydrogen (secondary N) is 1. The molecule has 1 aliphatic heterocycles. The molecule has 12 nitrogen and oxygen atoms in total. The highest BCUT2D eigenvalue weighted by molar-refractivity contribution is 5.83. The predicted molar refractivity (Wildman–Crippen MR) is 140 cm³/mol. The molecular weight excluding hydrogens is 534 g/mol. The second kappa shape index (κ2) is 14.0. The molecule has 0 radical (unpaired) electrons. The summed E-state index contributed by atoms with van der Waals surface area (Å²) < 4.78 is 52.5. The third kappa shape index (κ3) is 8.68. The first-order chi connectivity index (χ1) is 18.6. The summed E-state index contributed by atoms with van der Waals surface area (Å²) in [7, 11) is 0. The zero-order valence-electron chi connectivity index (χ0n) is 23.8.